The number of methoxy groups -OCH3 is 1. The van der Waals surface area contributed by atoms with Crippen LogP contribution in [0, 0.1) is 5.92 Å². The molecule has 6 nitrogen and oxygen atoms in total. The van der Waals surface area contributed by atoms with Crippen LogP contribution in [0.5, 0.6) is 0 Å². The second-order valence-corrected chi connectivity index (χ2v) is 6.46. The normalized spacial score (nSPS) is 15.2. The van der Waals surface area contributed by atoms with E-state index in [9.17, 15) is 9.59 Å². The number of ether oxygens (including phenoxy) is 1. The smallest absolute Gasteiger partial charge is 0.241 e. The number of rotatable bonds is 9. The van der Waals surface area contributed by atoms with E-state index in [4.69, 9.17) is 4.74 Å². The van der Waals surface area contributed by atoms with Crippen molar-refractivity contribution in [1.29, 1.82) is 0 Å². The molecule has 1 aliphatic rings. The first-order chi connectivity index (χ1) is 12.2. The van der Waals surface area contributed by atoms with Gasteiger partial charge in [0.25, 0.3) is 0 Å². The maximum Gasteiger partial charge on any atom is 0.241 e. The average Bonchev–Trinajstić information content (AvgIpc) is 2.65. The van der Waals surface area contributed by atoms with Crippen molar-refractivity contribution in [2.75, 3.05) is 46.4 Å². The van der Waals surface area contributed by atoms with Gasteiger partial charge in [-0.1, -0.05) is 30.3 Å². The van der Waals surface area contributed by atoms with Crippen LogP contribution in [0.4, 0.5) is 0 Å². The summed E-state index contributed by atoms with van der Waals surface area (Å²) in [7, 11) is 1.61. The number of hydrogen-bond acceptors (Lipinski definition) is 4. The molecule has 2 amide bonds. The molecular weight excluding hydrogens is 318 g/mol. The van der Waals surface area contributed by atoms with Crippen LogP contribution in [0.2, 0.25) is 0 Å². The van der Waals surface area contributed by atoms with Gasteiger partial charge < -0.3 is 20.3 Å². The SMILES string of the molecule is COCCNCC(=O)NCC(=O)N1CCC(Cc2ccccc2)CC1. The summed E-state index contributed by atoms with van der Waals surface area (Å²) >= 11 is 0. The molecule has 0 radical (unpaired) electrons. The van der Waals surface area contributed by atoms with Gasteiger partial charge >= 0.3 is 0 Å². The van der Waals surface area contributed by atoms with E-state index in [1.165, 1.54) is 5.56 Å². The van der Waals surface area contributed by atoms with Gasteiger partial charge in [-0.2, -0.15) is 0 Å². The Hall–Kier alpha value is -1.92. The Morgan fingerprint density at radius 3 is 2.56 bits per heavy atom. The number of piperidine rings is 1. The summed E-state index contributed by atoms with van der Waals surface area (Å²) in [5.74, 6) is 0.470. The predicted octanol–water partition coefficient (Wildman–Crippen LogP) is 0.820. The van der Waals surface area contributed by atoms with Crippen molar-refractivity contribution in [2.45, 2.75) is 19.3 Å². The molecule has 0 aliphatic carbocycles. The molecule has 1 aliphatic heterocycles. The van der Waals surface area contributed by atoms with Crippen molar-refractivity contribution in [2.24, 2.45) is 5.92 Å². The number of carbonyl (C=O) groups is 2. The molecule has 25 heavy (non-hydrogen) atoms. The highest BCUT2D eigenvalue weighted by atomic mass is 16.5. The minimum atomic E-state index is -0.164. The summed E-state index contributed by atoms with van der Waals surface area (Å²) in [6, 6.07) is 10.5. The molecule has 1 aromatic rings. The molecule has 138 valence electrons. The van der Waals surface area contributed by atoms with Crippen LogP contribution in [0.15, 0.2) is 30.3 Å². The van der Waals surface area contributed by atoms with Crippen molar-refractivity contribution < 1.29 is 14.3 Å². The quantitative estimate of drug-likeness (QED) is 0.649. The zero-order chi connectivity index (χ0) is 17.9. The highest BCUT2D eigenvalue weighted by molar-refractivity contribution is 5.85. The zero-order valence-electron chi connectivity index (χ0n) is 15.0. The number of nitrogens with zero attached hydrogens (tertiary/aromatic N) is 1. The van der Waals surface area contributed by atoms with Crippen LogP contribution in [-0.4, -0.2) is 63.2 Å². The van der Waals surface area contributed by atoms with Crippen molar-refractivity contribution in [1.82, 2.24) is 15.5 Å². The first kappa shape index (κ1) is 19.4. The molecule has 6 heteroatoms. The Bertz CT molecular complexity index is 528. The summed E-state index contributed by atoms with van der Waals surface area (Å²) in [4.78, 5) is 25.7. The van der Waals surface area contributed by atoms with E-state index in [-0.39, 0.29) is 24.9 Å². The molecule has 0 spiro atoms. The van der Waals surface area contributed by atoms with Crippen molar-refractivity contribution in [3.8, 4) is 0 Å². The molecule has 0 saturated carbocycles. The van der Waals surface area contributed by atoms with E-state index in [1.54, 1.807) is 7.11 Å². The van der Waals surface area contributed by atoms with Crippen molar-refractivity contribution in [3.63, 3.8) is 0 Å². The van der Waals surface area contributed by atoms with Gasteiger partial charge in [0.15, 0.2) is 0 Å². The van der Waals surface area contributed by atoms with Gasteiger partial charge in [-0.05, 0) is 30.7 Å². The van der Waals surface area contributed by atoms with Gasteiger partial charge in [-0.25, -0.2) is 0 Å². The maximum atomic E-state index is 12.2. The molecule has 0 atom stereocenters. The molecule has 1 aromatic carbocycles. The van der Waals surface area contributed by atoms with Crippen LogP contribution in [0.3, 0.4) is 0 Å². The number of benzene rings is 1. The minimum absolute atomic E-state index is 0.00315. The topological polar surface area (TPSA) is 70.7 Å². The molecule has 1 saturated heterocycles. The molecule has 2 N–H and O–H groups in total. The first-order valence-electron chi connectivity index (χ1n) is 8.97. The summed E-state index contributed by atoms with van der Waals surface area (Å²) in [6.07, 6.45) is 3.12. The fourth-order valence-electron chi connectivity index (χ4n) is 3.06. The summed E-state index contributed by atoms with van der Waals surface area (Å²) in [6.45, 7) is 3.01. The molecule has 1 heterocycles. The van der Waals surface area contributed by atoms with Gasteiger partial charge in [0.05, 0.1) is 19.7 Å². The lowest BCUT2D eigenvalue weighted by Crippen LogP contribution is -2.45. The number of carbonyl (C=O) groups excluding carboxylic acids is 2. The third kappa shape index (κ3) is 7.23. The van der Waals surface area contributed by atoms with E-state index >= 15 is 0 Å². The Morgan fingerprint density at radius 1 is 1.16 bits per heavy atom. The van der Waals surface area contributed by atoms with E-state index in [0.717, 1.165) is 32.4 Å². The zero-order valence-corrected chi connectivity index (χ0v) is 15.0. The first-order valence-corrected chi connectivity index (χ1v) is 8.97. The van der Waals surface area contributed by atoms with Crippen molar-refractivity contribution in [3.05, 3.63) is 35.9 Å². The number of nitrogens with one attached hydrogen (secondary N) is 2. The van der Waals surface area contributed by atoms with Crippen molar-refractivity contribution >= 4 is 11.8 Å². The average molecular weight is 347 g/mol. The van der Waals surface area contributed by atoms with Gasteiger partial charge in [-0.3, -0.25) is 9.59 Å². The number of amides is 2. The fourth-order valence-corrected chi connectivity index (χ4v) is 3.06. The second-order valence-electron chi connectivity index (χ2n) is 6.46. The van der Waals surface area contributed by atoms with Crippen LogP contribution >= 0.6 is 0 Å². The number of hydrogen-bond donors (Lipinski definition) is 2. The maximum absolute atomic E-state index is 12.2. The molecule has 1 fully saturated rings. The van der Waals surface area contributed by atoms with Crippen LogP contribution < -0.4 is 10.6 Å². The van der Waals surface area contributed by atoms with E-state index in [1.807, 2.05) is 11.0 Å². The molecular formula is C19H29N3O3. The highest BCUT2D eigenvalue weighted by Gasteiger charge is 2.22. The van der Waals surface area contributed by atoms with E-state index in [0.29, 0.717) is 19.1 Å². The Labute approximate surface area is 149 Å². The lowest BCUT2D eigenvalue weighted by atomic mass is 9.90. The minimum Gasteiger partial charge on any atom is -0.383 e. The third-order valence-corrected chi connectivity index (χ3v) is 4.54. The molecule has 0 aromatic heterocycles. The van der Waals surface area contributed by atoms with Crippen LogP contribution in [-0.2, 0) is 20.7 Å². The molecule has 0 bridgehead atoms. The monoisotopic (exact) mass is 347 g/mol. The number of likely N-dealkylation sites (tertiary alicyclic amines) is 1. The Kier molecular flexibility index (Phi) is 8.42. The largest absolute Gasteiger partial charge is 0.383 e. The summed E-state index contributed by atoms with van der Waals surface area (Å²) in [5, 5.41) is 5.63. The molecule has 0 unspecified atom stereocenters. The third-order valence-electron chi connectivity index (χ3n) is 4.54. The van der Waals surface area contributed by atoms with Crippen LogP contribution in [0.25, 0.3) is 0 Å². The lowest BCUT2D eigenvalue weighted by Gasteiger charge is -2.32. The Morgan fingerprint density at radius 2 is 1.88 bits per heavy atom. The standard InChI is InChI=1S/C19H29N3O3/c1-25-12-9-20-14-18(23)21-15-19(24)22-10-7-17(8-11-22)13-16-5-3-2-4-6-16/h2-6,17,20H,7-15H2,1H3,(H,21,23). The highest BCUT2D eigenvalue weighted by Crippen LogP contribution is 2.21. The predicted molar refractivity (Wildman–Crippen MR) is 97.2 cm³/mol. The van der Waals surface area contributed by atoms with E-state index < -0.39 is 0 Å². The van der Waals surface area contributed by atoms with Gasteiger partial charge in [0.2, 0.25) is 11.8 Å². The Balaban J connectivity index is 1.61. The van der Waals surface area contributed by atoms with Gasteiger partial charge in [0, 0.05) is 26.7 Å². The second kappa shape index (κ2) is 10.8. The van der Waals surface area contributed by atoms with Crippen LogP contribution in [0.1, 0.15) is 18.4 Å². The lowest BCUT2D eigenvalue weighted by molar-refractivity contribution is -0.133. The van der Waals surface area contributed by atoms with Gasteiger partial charge in [0.1, 0.15) is 0 Å². The van der Waals surface area contributed by atoms with E-state index in [2.05, 4.69) is 34.9 Å². The van der Waals surface area contributed by atoms with Gasteiger partial charge in [-0.15, -0.1) is 0 Å². The molecule has 2 rings (SSSR count). The summed E-state index contributed by atoms with van der Waals surface area (Å²) in [5.41, 5.74) is 1.36. The fraction of sp³-hybridized carbons (Fsp3) is 0.579. The summed E-state index contributed by atoms with van der Waals surface area (Å²) < 4.78 is 4.89.